The van der Waals surface area contributed by atoms with E-state index in [0.717, 1.165) is 22.3 Å². The molecule has 0 radical (unpaired) electrons. The van der Waals surface area contributed by atoms with E-state index in [4.69, 9.17) is 16.0 Å². The van der Waals surface area contributed by atoms with E-state index in [0.29, 0.717) is 31.1 Å². The van der Waals surface area contributed by atoms with Crippen molar-refractivity contribution in [1.29, 1.82) is 0 Å². The average Bonchev–Trinajstić information content (AvgIpc) is 3.36. The van der Waals surface area contributed by atoms with Crippen molar-refractivity contribution in [3.05, 3.63) is 119 Å². The summed E-state index contributed by atoms with van der Waals surface area (Å²) >= 11 is 0. The summed E-state index contributed by atoms with van der Waals surface area (Å²) < 4.78 is 5.18. The molecule has 196 valence electrons. The molecule has 8 nitrogen and oxygen atoms in total. The Labute approximate surface area is 222 Å². The Kier molecular flexibility index (Phi) is 8.78. The lowest BCUT2D eigenvalue weighted by molar-refractivity contribution is -0.136. The van der Waals surface area contributed by atoms with E-state index in [-0.39, 0.29) is 18.7 Å². The van der Waals surface area contributed by atoms with Gasteiger partial charge >= 0.3 is 0 Å². The van der Waals surface area contributed by atoms with E-state index in [9.17, 15) is 9.59 Å². The van der Waals surface area contributed by atoms with Crippen LogP contribution in [0.4, 0.5) is 0 Å². The third kappa shape index (κ3) is 6.40. The summed E-state index contributed by atoms with van der Waals surface area (Å²) in [7, 11) is 0. The second-order valence-electron chi connectivity index (χ2n) is 9.39. The Morgan fingerprint density at radius 1 is 0.921 bits per heavy atom. The number of aromatic nitrogens is 2. The van der Waals surface area contributed by atoms with E-state index in [1.807, 2.05) is 84.9 Å². The summed E-state index contributed by atoms with van der Waals surface area (Å²) in [6.07, 6.45) is 1.11. The molecule has 0 aliphatic rings. The second-order valence-corrected chi connectivity index (χ2v) is 9.39. The number of ketones is 1. The van der Waals surface area contributed by atoms with Crippen LogP contribution in [0.3, 0.4) is 0 Å². The molecule has 38 heavy (non-hydrogen) atoms. The minimum atomic E-state index is -1.74. The molecule has 0 saturated heterocycles. The van der Waals surface area contributed by atoms with E-state index in [1.165, 1.54) is 0 Å². The molecule has 1 aromatic heterocycles. The highest BCUT2D eigenvalue weighted by atomic mass is 16.5. The Morgan fingerprint density at radius 3 is 2.03 bits per heavy atom. The fraction of sp³-hybridized carbons (Fsp3) is 0.267. The van der Waals surface area contributed by atoms with Gasteiger partial charge in [0.15, 0.2) is 17.1 Å². The lowest BCUT2D eigenvalue weighted by atomic mass is 9.76. The number of benzene rings is 3. The Morgan fingerprint density at radius 2 is 1.50 bits per heavy atom. The van der Waals surface area contributed by atoms with Gasteiger partial charge in [0.1, 0.15) is 0 Å². The number of carbonyl (C=O) groups excluding carboxylic acids is 2. The zero-order chi connectivity index (χ0) is 27.0. The normalized spacial score (nSPS) is 12.7. The Balaban J connectivity index is 1.52. The predicted molar refractivity (Wildman–Crippen MR) is 145 cm³/mol. The maximum Gasteiger partial charge on any atom is 0.248 e. The van der Waals surface area contributed by atoms with Gasteiger partial charge in [0.2, 0.25) is 11.8 Å². The lowest BCUT2D eigenvalue weighted by Gasteiger charge is -2.31. The van der Waals surface area contributed by atoms with Gasteiger partial charge in [-0.15, -0.1) is 0 Å². The molecule has 0 aliphatic heterocycles. The fourth-order valence-electron chi connectivity index (χ4n) is 4.47. The Hall–Kier alpha value is -4.14. The van der Waals surface area contributed by atoms with Gasteiger partial charge in [-0.3, -0.25) is 9.59 Å². The van der Waals surface area contributed by atoms with Crippen LogP contribution in [0.25, 0.3) is 0 Å². The van der Waals surface area contributed by atoms with Gasteiger partial charge in [0.25, 0.3) is 0 Å². The SMILES string of the molecule is Cc1noc(Cc2ccc(CNC(=O)[C@@](N)(CCCN)C(=O)C(c3ccccc3)c3ccccc3)cc2)n1. The van der Waals surface area contributed by atoms with Crippen LogP contribution in [0.2, 0.25) is 0 Å². The highest BCUT2D eigenvalue weighted by molar-refractivity contribution is 6.13. The van der Waals surface area contributed by atoms with E-state index >= 15 is 0 Å². The molecule has 8 heteroatoms. The highest BCUT2D eigenvalue weighted by Gasteiger charge is 2.45. The monoisotopic (exact) mass is 511 g/mol. The molecule has 1 amide bonds. The second kappa shape index (κ2) is 12.4. The van der Waals surface area contributed by atoms with Gasteiger partial charge in [-0.25, -0.2) is 0 Å². The zero-order valence-electron chi connectivity index (χ0n) is 21.5. The molecule has 0 fully saturated rings. The third-order valence-corrected chi connectivity index (χ3v) is 6.55. The van der Waals surface area contributed by atoms with Gasteiger partial charge in [-0.1, -0.05) is 90.1 Å². The van der Waals surface area contributed by atoms with Crippen LogP contribution in [0, 0.1) is 6.92 Å². The van der Waals surface area contributed by atoms with Gasteiger partial charge < -0.3 is 21.3 Å². The number of aryl methyl sites for hydroxylation is 1. The smallest absolute Gasteiger partial charge is 0.248 e. The molecule has 0 spiro atoms. The van der Waals surface area contributed by atoms with Crippen LogP contribution < -0.4 is 16.8 Å². The van der Waals surface area contributed by atoms with E-state index in [2.05, 4.69) is 15.5 Å². The summed E-state index contributed by atoms with van der Waals surface area (Å²) in [5.74, 6) is -0.417. The first-order chi connectivity index (χ1) is 18.4. The van der Waals surface area contributed by atoms with Crippen molar-refractivity contribution in [2.45, 2.75) is 44.2 Å². The maximum atomic E-state index is 14.1. The molecule has 5 N–H and O–H groups in total. The molecule has 1 heterocycles. The zero-order valence-corrected chi connectivity index (χ0v) is 21.5. The standard InChI is InChI=1S/C30H33N5O3/c1-21-34-26(38-35-21)19-22-13-15-23(16-14-22)20-33-29(37)30(32,17-8-18-31)28(36)27(24-9-4-2-5-10-24)25-11-6-3-7-12-25/h2-7,9-16,27H,8,17-20,31-32H2,1H3,(H,33,37)/t30-/m1/s1. The Bertz CT molecular complexity index is 1300. The minimum Gasteiger partial charge on any atom is -0.350 e. The number of rotatable bonds is 12. The molecular formula is C30H33N5O3. The van der Waals surface area contributed by atoms with Gasteiger partial charge in [0, 0.05) is 6.54 Å². The third-order valence-electron chi connectivity index (χ3n) is 6.55. The summed E-state index contributed by atoms with van der Waals surface area (Å²) in [6.45, 7) is 2.33. The first kappa shape index (κ1) is 26.9. The van der Waals surface area contributed by atoms with Crippen LogP contribution in [0.15, 0.2) is 89.5 Å². The maximum absolute atomic E-state index is 14.1. The average molecular weight is 512 g/mol. The summed E-state index contributed by atoms with van der Waals surface area (Å²) in [5.41, 5.74) is 14.1. The largest absolute Gasteiger partial charge is 0.350 e. The van der Waals surface area contributed by atoms with Gasteiger partial charge in [0.05, 0.1) is 12.3 Å². The number of amides is 1. The molecule has 4 rings (SSSR count). The van der Waals surface area contributed by atoms with Crippen molar-refractivity contribution in [2.24, 2.45) is 11.5 Å². The van der Waals surface area contributed by atoms with Crippen molar-refractivity contribution < 1.29 is 14.1 Å². The lowest BCUT2D eigenvalue weighted by Crippen LogP contribution is -2.61. The van der Waals surface area contributed by atoms with Crippen LogP contribution in [-0.4, -0.2) is 33.9 Å². The number of Topliss-reactive ketones (excluding diaryl/α,β-unsaturated/α-hetero) is 1. The number of carbonyl (C=O) groups is 2. The number of nitrogens with one attached hydrogen (secondary N) is 1. The predicted octanol–water partition coefficient (Wildman–Crippen LogP) is 3.42. The molecule has 0 unspecified atom stereocenters. The van der Waals surface area contributed by atoms with Crippen molar-refractivity contribution in [3.8, 4) is 0 Å². The van der Waals surface area contributed by atoms with Crippen LogP contribution in [-0.2, 0) is 22.6 Å². The van der Waals surface area contributed by atoms with Gasteiger partial charge in [-0.2, -0.15) is 4.98 Å². The first-order valence-electron chi connectivity index (χ1n) is 12.7. The molecule has 0 bridgehead atoms. The molecule has 4 aromatic rings. The van der Waals surface area contributed by atoms with Crippen molar-refractivity contribution >= 4 is 11.7 Å². The molecule has 0 saturated carbocycles. The summed E-state index contributed by atoms with van der Waals surface area (Å²) in [5, 5.41) is 6.70. The summed E-state index contributed by atoms with van der Waals surface area (Å²) in [6, 6.07) is 26.5. The number of nitrogens with zero attached hydrogens (tertiary/aromatic N) is 2. The van der Waals surface area contributed by atoms with Crippen molar-refractivity contribution in [1.82, 2.24) is 15.5 Å². The molecule has 1 atom stereocenters. The van der Waals surface area contributed by atoms with E-state index < -0.39 is 17.4 Å². The molecular weight excluding hydrogens is 478 g/mol. The highest BCUT2D eigenvalue weighted by Crippen LogP contribution is 2.31. The van der Waals surface area contributed by atoms with Gasteiger partial charge in [-0.05, 0) is 48.6 Å². The molecule has 0 aliphatic carbocycles. The van der Waals surface area contributed by atoms with Crippen LogP contribution in [0.5, 0.6) is 0 Å². The summed E-state index contributed by atoms with van der Waals surface area (Å²) in [4.78, 5) is 31.9. The number of hydrogen-bond donors (Lipinski definition) is 3. The fourth-order valence-corrected chi connectivity index (χ4v) is 4.47. The topological polar surface area (TPSA) is 137 Å². The van der Waals surface area contributed by atoms with Crippen LogP contribution in [0.1, 0.15) is 52.7 Å². The number of hydrogen-bond acceptors (Lipinski definition) is 7. The van der Waals surface area contributed by atoms with Crippen LogP contribution >= 0.6 is 0 Å². The molecule has 3 aromatic carbocycles. The minimum absolute atomic E-state index is 0.146. The van der Waals surface area contributed by atoms with E-state index in [1.54, 1.807) is 6.92 Å². The van der Waals surface area contributed by atoms with Crippen molar-refractivity contribution in [3.63, 3.8) is 0 Å². The quantitative estimate of drug-likeness (QED) is 0.248. The van der Waals surface area contributed by atoms with Crippen molar-refractivity contribution in [2.75, 3.05) is 6.54 Å². The first-order valence-corrected chi connectivity index (χ1v) is 12.7. The number of nitrogens with two attached hydrogens (primary N) is 2.